The number of rotatable bonds is 47. The molecule has 1 aliphatic heterocycles. The molecule has 1 heterocycles. The van der Waals surface area contributed by atoms with Gasteiger partial charge in [0, 0.05) is 79.2 Å². The van der Waals surface area contributed by atoms with Crippen LogP contribution in [0.2, 0.25) is 0 Å². The third-order valence-corrected chi connectivity index (χ3v) is 15.4. The van der Waals surface area contributed by atoms with Gasteiger partial charge in [0.25, 0.3) is 0 Å². The van der Waals surface area contributed by atoms with Crippen molar-refractivity contribution >= 4 is 24.5 Å². The number of unbranched alkanes of at least 4 members (excludes halogenated alkanes) is 26. The Morgan fingerprint density at radius 1 is 0.563 bits per heavy atom. The van der Waals surface area contributed by atoms with Gasteiger partial charge in [0.2, 0.25) is 0 Å². The van der Waals surface area contributed by atoms with E-state index in [1.165, 1.54) is 167 Å². The van der Waals surface area contributed by atoms with Gasteiger partial charge >= 0.3 is 19.1 Å². The fraction of sp³-hybridized carbons (Fsp3) is 0.658. The molecule has 1 saturated heterocycles. The van der Waals surface area contributed by atoms with Gasteiger partial charge in [-0.2, -0.15) is 0 Å². The maximum atomic E-state index is 13.5. The van der Waals surface area contributed by atoms with E-state index in [1.54, 1.807) is 12.1 Å². The Bertz CT molecular complexity index is 2610. The first kappa shape index (κ1) is 77.0. The number of hydrogen-bond donors (Lipinski definition) is 0. The molecule has 472 valence electrons. The molecule has 10 nitrogen and oxygen atoms in total. The van der Waals surface area contributed by atoms with Crippen molar-refractivity contribution in [1.82, 2.24) is 0 Å². The van der Waals surface area contributed by atoms with Crippen LogP contribution < -0.4 is 10.2 Å². The van der Waals surface area contributed by atoms with E-state index < -0.39 is 24.4 Å². The molecule has 0 amide bonds. The minimum atomic E-state index is -0.597. The zero-order valence-corrected chi connectivity index (χ0v) is 54.9. The van der Waals surface area contributed by atoms with Gasteiger partial charge < -0.3 is 37.5 Å². The normalized spacial score (nSPS) is 13.0. The average Bonchev–Trinajstić information content (AvgIpc) is 3.72. The van der Waals surface area contributed by atoms with Crippen molar-refractivity contribution in [2.45, 2.75) is 233 Å². The largest absolute Gasteiger partial charge is 0.493 e. The molecule has 2 rings (SSSR count). The second-order valence-electron chi connectivity index (χ2n) is 24.2. The summed E-state index contributed by atoms with van der Waals surface area (Å²) in [4.78, 5) is 26.8. The Kier molecular flexibility index (Phi) is 46.8. The summed E-state index contributed by atoms with van der Waals surface area (Å²) in [5.41, 5.74) is 0.248. The van der Waals surface area contributed by atoms with Crippen molar-refractivity contribution in [2.75, 3.05) is 73.4 Å². The molecule has 0 aromatic heterocycles. The highest BCUT2D eigenvalue weighted by molar-refractivity contribution is 6.61. The number of benzene rings is 1. The second kappa shape index (κ2) is 52.9. The van der Waals surface area contributed by atoms with Crippen LogP contribution in [0.3, 0.4) is 0 Å². The van der Waals surface area contributed by atoms with Crippen molar-refractivity contribution in [3.63, 3.8) is 0 Å². The summed E-state index contributed by atoms with van der Waals surface area (Å²) in [6, 6.07) is 7.18. The maximum Gasteiger partial charge on any atom is 0.493 e. The number of hydrogen-bond acceptors (Lipinski definition) is 9. The van der Waals surface area contributed by atoms with Gasteiger partial charge in [-0.3, -0.25) is 9.59 Å². The Balaban J connectivity index is 1.76. The van der Waals surface area contributed by atoms with E-state index in [0.29, 0.717) is 49.4 Å². The predicted molar refractivity (Wildman–Crippen MR) is 356 cm³/mol. The molecule has 3 atom stereocenters. The first-order valence-electron chi connectivity index (χ1n) is 33.3. The van der Waals surface area contributed by atoms with Crippen molar-refractivity contribution in [3.8, 4) is 113 Å². The monoisotopic (exact) mass is 1190 g/mol. The summed E-state index contributed by atoms with van der Waals surface area (Å²) in [6.45, 7) is 14.8. The van der Waals surface area contributed by atoms with Gasteiger partial charge in [0.1, 0.15) is 44.3 Å². The minimum Gasteiger partial charge on any atom is -0.465 e. The molecular formula is C76H107BNO9+. The molecule has 0 aliphatic carbocycles. The molecule has 1 aromatic carbocycles. The van der Waals surface area contributed by atoms with Crippen LogP contribution in [0.25, 0.3) is 0 Å². The lowest BCUT2D eigenvalue weighted by atomic mass is 9.76. The van der Waals surface area contributed by atoms with Crippen LogP contribution in [-0.4, -0.2) is 103 Å². The fourth-order valence-corrected chi connectivity index (χ4v) is 9.97. The molecule has 0 spiro atoms. The summed E-state index contributed by atoms with van der Waals surface area (Å²) < 4.78 is 42.9. The van der Waals surface area contributed by atoms with Crippen molar-refractivity contribution in [1.29, 1.82) is 0 Å². The van der Waals surface area contributed by atoms with E-state index in [9.17, 15) is 9.59 Å². The Hall–Kier alpha value is -6.14. The first-order valence-corrected chi connectivity index (χ1v) is 33.3. The fourth-order valence-electron chi connectivity index (χ4n) is 9.97. The topological polar surface area (TPSA) is 98.8 Å². The Morgan fingerprint density at radius 2 is 0.989 bits per heavy atom. The van der Waals surface area contributed by atoms with Crippen molar-refractivity contribution < 1.29 is 47.1 Å². The number of esters is 2. The predicted octanol–water partition coefficient (Wildman–Crippen LogP) is 14.0. The molecule has 87 heavy (non-hydrogen) atoms. The summed E-state index contributed by atoms with van der Waals surface area (Å²) >= 11 is 0. The minimum absolute atomic E-state index is 0.0380. The number of ether oxygens (including phenoxy) is 5. The molecule has 1 aromatic rings. The van der Waals surface area contributed by atoms with Crippen LogP contribution in [-0.2, 0) is 37.8 Å². The van der Waals surface area contributed by atoms with E-state index in [1.807, 2.05) is 32.9 Å². The van der Waals surface area contributed by atoms with Crippen LogP contribution in [0.1, 0.15) is 227 Å². The highest BCUT2D eigenvalue weighted by atomic mass is 16.6. The van der Waals surface area contributed by atoms with E-state index in [4.69, 9.17) is 39.4 Å². The molecule has 1 aliphatic rings. The van der Waals surface area contributed by atoms with Crippen LogP contribution >= 0.6 is 0 Å². The highest BCUT2D eigenvalue weighted by Crippen LogP contribution is 2.26. The van der Waals surface area contributed by atoms with Gasteiger partial charge in [0.15, 0.2) is 0 Å². The zero-order chi connectivity index (χ0) is 63.0. The SMILES string of the molecule is C#CC#CC#CC#CC#CC#CC#CC#CC#COc1ccc(B2OCC(C)(COC(=O)C(C)CC(CC)C(=O)OCC[N+](C)(C)CC(COCCCCCCCCCCCCCCCC)OCCCCCCCCCCCCCCCC)CO2)cc1. The third kappa shape index (κ3) is 43.2. The molecule has 0 N–H and O–H groups in total. The summed E-state index contributed by atoms with van der Waals surface area (Å²) in [6.07, 6.45) is 45.8. The Morgan fingerprint density at radius 3 is 1.44 bits per heavy atom. The number of terminal acetylenes is 1. The van der Waals surface area contributed by atoms with Crippen molar-refractivity contribution in [2.24, 2.45) is 17.3 Å². The molecule has 3 unspecified atom stereocenters. The van der Waals surface area contributed by atoms with Crippen LogP contribution in [0.4, 0.5) is 0 Å². The van der Waals surface area contributed by atoms with Crippen LogP contribution in [0.15, 0.2) is 24.3 Å². The average molecular weight is 1190 g/mol. The quantitative estimate of drug-likeness (QED) is 0.0208. The van der Waals surface area contributed by atoms with Crippen LogP contribution in [0, 0.1) is 125 Å². The van der Waals surface area contributed by atoms with Gasteiger partial charge in [-0.05, 0) is 90.6 Å². The van der Waals surface area contributed by atoms with Crippen LogP contribution in [0.5, 0.6) is 5.75 Å². The molecule has 0 radical (unpaired) electrons. The summed E-state index contributed by atoms with van der Waals surface area (Å²) in [5.74, 6) is 38.8. The number of carbonyl (C=O) groups excluding carboxylic acids is 2. The standard InChI is InChI=1S/C76H107BNO9/c1-9-13-16-19-22-25-28-31-34-35-38-40-43-46-49-52-60-82-72-56-54-71(55-57-72)77-86-67-76(6,68-87-77)66-85-74(79)69(5)63-70(12-4)75(80)84-62-58-78(7,8)64-73(83-61-53-50-47-44-41-37-33-30-27-24-21-18-15-11-3)65-81-59-51-48-45-42-39-36-32-29-26-23-20-17-14-10-2/h1,54-57,69-70,73H,10-12,14-15,17-18,20-21,23-24,26-27,29-30,32-33,36-37,39,41-42,44-45,47-48,50-51,53,58-59,61-68H2,2-8H3/q+1. The molecule has 11 heteroatoms. The molecule has 0 bridgehead atoms. The summed E-state index contributed by atoms with van der Waals surface area (Å²) in [7, 11) is 3.74. The van der Waals surface area contributed by atoms with Gasteiger partial charge in [-0.1, -0.05) is 214 Å². The Labute approximate surface area is 530 Å². The van der Waals surface area contributed by atoms with E-state index in [0.717, 1.165) is 38.1 Å². The number of likely N-dealkylation sites (N-methyl/N-ethyl adjacent to an activating group) is 1. The second-order valence-corrected chi connectivity index (χ2v) is 24.2. The maximum absolute atomic E-state index is 13.5. The number of quaternary nitrogens is 1. The lowest BCUT2D eigenvalue weighted by Gasteiger charge is -2.36. The van der Waals surface area contributed by atoms with Crippen molar-refractivity contribution in [3.05, 3.63) is 24.3 Å². The van der Waals surface area contributed by atoms with Gasteiger partial charge in [-0.25, -0.2) is 0 Å². The highest BCUT2D eigenvalue weighted by Gasteiger charge is 2.38. The number of carbonyl (C=O) groups is 2. The zero-order valence-electron chi connectivity index (χ0n) is 54.9. The summed E-state index contributed by atoms with van der Waals surface area (Å²) in [5, 5.41) is 0. The first-order chi connectivity index (χ1) is 42.5. The number of nitrogens with zero attached hydrogens (tertiary/aromatic N) is 1. The smallest absolute Gasteiger partial charge is 0.465 e. The molecule has 1 fully saturated rings. The van der Waals surface area contributed by atoms with Gasteiger partial charge in [-0.15, -0.1) is 6.42 Å². The van der Waals surface area contributed by atoms with Gasteiger partial charge in [0.05, 0.1) is 32.5 Å². The molecule has 0 saturated carbocycles. The van der Waals surface area contributed by atoms with E-state index in [2.05, 4.69) is 129 Å². The van der Waals surface area contributed by atoms with E-state index >= 15 is 0 Å². The lowest BCUT2D eigenvalue weighted by molar-refractivity contribution is -0.893. The third-order valence-electron chi connectivity index (χ3n) is 15.4. The molecular weight excluding hydrogens is 1080 g/mol. The van der Waals surface area contributed by atoms with E-state index in [-0.39, 0.29) is 31.3 Å². The lowest BCUT2D eigenvalue weighted by Crippen LogP contribution is -2.50.